The number of aliphatic hydroxyl groups excluding tert-OH is 1. The summed E-state index contributed by atoms with van der Waals surface area (Å²) in [6.45, 7) is 0.790. The second-order valence-corrected chi connectivity index (χ2v) is 19.3. The van der Waals surface area contributed by atoms with Gasteiger partial charge in [0, 0.05) is 45.9 Å². The van der Waals surface area contributed by atoms with Gasteiger partial charge in [0.05, 0.1) is 19.2 Å². The minimum atomic E-state index is -1.54. The Labute approximate surface area is 452 Å². The van der Waals surface area contributed by atoms with Crippen LogP contribution in [0.25, 0.3) is 0 Å². The smallest absolute Gasteiger partial charge is 0.326 e. The van der Waals surface area contributed by atoms with Crippen LogP contribution in [0, 0.1) is 0 Å². The predicted octanol–water partition coefficient (Wildman–Crippen LogP) is -2.82. The van der Waals surface area contributed by atoms with Gasteiger partial charge in [-0.05, 0) is 81.9 Å². The van der Waals surface area contributed by atoms with E-state index in [2.05, 4.69) is 31.6 Å². The molecule has 0 saturated carbocycles. The Balaban J connectivity index is 0.00000317. The van der Waals surface area contributed by atoms with E-state index in [0.717, 1.165) is 6.92 Å². The third-order valence-electron chi connectivity index (χ3n) is 13.4. The zero-order valence-electron chi connectivity index (χ0n) is 44.1. The molecule has 5 rings (SSSR count). The Morgan fingerprint density at radius 3 is 1.69 bits per heavy atom. The second-order valence-electron chi connectivity index (χ2n) is 19.3. The Morgan fingerprint density at radius 2 is 1.14 bits per heavy atom. The number of nitrogens with two attached hydrogens (primary N) is 4. The van der Waals surface area contributed by atoms with Crippen LogP contribution in [0.1, 0.15) is 88.7 Å². The number of aliphatic imine (C=N–C) groups is 1. The van der Waals surface area contributed by atoms with Crippen molar-refractivity contribution in [1.29, 1.82) is 0 Å². The quantitative estimate of drug-likeness (QED) is 0.0244. The summed E-state index contributed by atoms with van der Waals surface area (Å²) in [5.74, 6) is -7.43. The van der Waals surface area contributed by atoms with E-state index in [1.54, 1.807) is 60.7 Å². The second kappa shape index (κ2) is 32.1. The monoisotopic (exact) mass is 1090 g/mol. The SMILES string of the molecule is CC(=O)O.NCCCC[C@H](N)C(=O)N[C@@H](CCCN=C(N)N)C(=O)N1CCC[C@H]1C(=O)N1CCC[C@H]1C(=O)NCC(=O)N[C@@H](Cc1ccccc1)C(=O)N[C@@H](CO)C(=O)N1CCC[C@H]1C(=O)N[C@@H](Cc1ccccc1)C(=O)O. The molecule has 3 heterocycles. The van der Waals surface area contributed by atoms with E-state index >= 15 is 0 Å². The van der Waals surface area contributed by atoms with Gasteiger partial charge in [0.2, 0.25) is 47.3 Å². The van der Waals surface area contributed by atoms with E-state index in [0.29, 0.717) is 69.0 Å². The van der Waals surface area contributed by atoms with Gasteiger partial charge in [0.15, 0.2) is 5.96 Å². The lowest BCUT2D eigenvalue weighted by molar-refractivity contribution is -0.148. The van der Waals surface area contributed by atoms with Gasteiger partial charge in [-0.25, -0.2) is 4.79 Å². The number of benzene rings is 2. The van der Waals surface area contributed by atoms with Crippen LogP contribution in [0.15, 0.2) is 65.7 Å². The zero-order chi connectivity index (χ0) is 57.3. The molecule has 26 nitrogen and oxygen atoms in total. The number of hydrogen-bond donors (Lipinski definition) is 12. The average Bonchev–Trinajstić information content (AvgIpc) is 4.23. The largest absolute Gasteiger partial charge is 0.481 e. The Bertz CT molecular complexity index is 2390. The maximum Gasteiger partial charge on any atom is 0.326 e. The highest BCUT2D eigenvalue weighted by Crippen LogP contribution is 2.26. The summed E-state index contributed by atoms with van der Waals surface area (Å²) in [5, 5.41) is 40.7. The van der Waals surface area contributed by atoms with Gasteiger partial charge in [-0.15, -0.1) is 0 Å². The lowest BCUT2D eigenvalue weighted by atomic mass is 10.0. The highest BCUT2D eigenvalue weighted by molar-refractivity contribution is 5.98. The summed E-state index contributed by atoms with van der Waals surface area (Å²) in [7, 11) is 0. The van der Waals surface area contributed by atoms with Gasteiger partial charge in [-0.2, -0.15) is 0 Å². The van der Waals surface area contributed by atoms with Gasteiger partial charge in [0.1, 0.15) is 42.3 Å². The van der Waals surface area contributed by atoms with E-state index in [1.165, 1.54) is 14.7 Å². The number of unbranched alkanes of at least 4 members (excludes halogenated alkanes) is 1. The number of guanidine groups is 1. The highest BCUT2D eigenvalue weighted by atomic mass is 16.4. The first-order chi connectivity index (χ1) is 37.2. The number of nitrogens with one attached hydrogen (secondary N) is 5. The standard InChI is InChI=1S/C50H73N13O11.C2H4O2/c51-22-8-7-17-33(52)42(66)58-34(18-9-23-55-50(53)54)46(70)63-26-12-21-40(63)48(72)62-25-10-19-38(62)44(68)56-29-41(65)57-35(27-31-13-3-1-4-14-31)43(67)60-37(30-64)47(71)61-24-11-20-39(61)45(69)59-36(49(73)74)28-32-15-5-2-6-16-32;1-2(3)4/h1-6,13-16,33-40,64H,7-12,17-30,51-52H2,(H,56,68)(H,57,65)(H,58,66)(H,59,69)(H,60,67)(H,73,74)(H4,53,54,55);1H3,(H,3,4)/t33-,34-,35-,36-,37-,38-,39-,40-;/m0./s1. The van der Waals surface area contributed by atoms with Crippen molar-refractivity contribution in [3.8, 4) is 0 Å². The van der Waals surface area contributed by atoms with Crippen LogP contribution in [-0.4, -0.2) is 189 Å². The predicted molar refractivity (Wildman–Crippen MR) is 284 cm³/mol. The first-order valence-electron chi connectivity index (χ1n) is 26.3. The molecule has 428 valence electrons. The zero-order valence-corrected chi connectivity index (χ0v) is 44.1. The molecule has 3 aliphatic heterocycles. The third-order valence-corrected chi connectivity index (χ3v) is 13.4. The molecule has 3 saturated heterocycles. The summed E-state index contributed by atoms with van der Waals surface area (Å²) < 4.78 is 0. The minimum Gasteiger partial charge on any atom is -0.481 e. The van der Waals surface area contributed by atoms with Crippen molar-refractivity contribution in [3.05, 3.63) is 71.8 Å². The van der Waals surface area contributed by atoms with Crippen molar-refractivity contribution in [3.63, 3.8) is 0 Å². The molecule has 78 heavy (non-hydrogen) atoms. The van der Waals surface area contributed by atoms with Crippen molar-refractivity contribution in [2.75, 3.05) is 45.9 Å². The number of aliphatic carboxylic acids is 2. The van der Waals surface area contributed by atoms with Crippen LogP contribution >= 0.6 is 0 Å². The number of carboxylic acid groups (broad SMARTS) is 2. The van der Waals surface area contributed by atoms with E-state index in [9.17, 15) is 53.4 Å². The molecule has 16 N–H and O–H groups in total. The molecule has 8 amide bonds. The molecule has 2 aromatic carbocycles. The number of carbonyl (C=O) groups is 10. The van der Waals surface area contributed by atoms with E-state index in [-0.39, 0.29) is 64.2 Å². The molecular formula is C52H77N13O13. The fourth-order valence-corrected chi connectivity index (χ4v) is 9.53. The van der Waals surface area contributed by atoms with Crippen molar-refractivity contribution < 1.29 is 63.3 Å². The third kappa shape index (κ3) is 19.7. The van der Waals surface area contributed by atoms with Gasteiger partial charge >= 0.3 is 5.97 Å². The summed E-state index contributed by atoms with van der Waals surface area (Å²) in [4.78, 5) is 139. The number of carboxylic acids is 2. The van der Waals surface area contributed by atoms with Crippen LogP contribution in [0.3, 0.4) is 0 Å². The number of hydrogen-bond acceptors (Lipinski definition) is 14. The highest BCUT2D eigenvalue weighted by Gasteiger charge is 2.44. The lowest BCUT2D eigenvalue weighted by Crippen LogP contribution is -2.59. The first-order valence-corrected chi connectivity index (χ1v) is 26.3. The number of nitrogens with zero attached hydrogens (tertiary/aromatic N) is 4. The molecule has 26 heteroatoms. The molecule has 0 bridgehead atoms. The van der Waals surface area contributed by atoms with E-state index in [4.69, 9.17) is 32.8 Å². The topological polar surface area (TPSA) is 418 Å². The normalized spacial score (nSPS) is 18.6. The van der Waals surface area contributed by atoms with Crippen molar-refractivity contribution in [2.24, 2.45) is 27.9 Å². The number of carbonyl (C=O) groups excluding carboxylic acids is 8. The molecule has 0 unspecified atom stereocenters. The lowest BCUT2D eigenvalue weighted by Gasteiger charge is -2.33. The van der Waals surface area contributed by atoms with Crippen molar-refractivity contribution in [2.45, 2.75) is 139 Å². The molecule has 0 aliphatic carbocycles. The Hall–Kier alpha value is -7.71. The maximum absolute atomic E-state index is 14.2. The fraction of sp³-hybridized carbons (Fsp3) is 0.558. The van der Waals surface area contributed by atoms with Crippen molar-refractivity contribution in [1.82, 2.24) is 41.3 Å². The van der Waals surface area contributed by atoms with Crippen LogP contribution in [-0.2, 0) is 60.8 Å². The fourth-order valence-electron chi connectivity index (χ4n) is 9.53. The summed E-state index contributed by atoms with van der Waals surface area (Å²) in [6.07, 6.45) is 4.25. The van der Waals surface area contributed by atoms with Crippen LogP contribution < -0.4 is 49.5 Å². The number of amides is 8. The average molecular weight is 1090 g/mol. The molecular weight excluding hydrogens is 1010 g/mol. The molecule has 3 aliphatic rings. The van der Waals surface area contributed by atoms with Gasteiger partial charge in [-0.1, -0.05) is 67.1 Å². The molecule has 0 aromatic heterocycles. The van der Waals surface area contributed by atoms with Crippen LogP contribution in [0.2, 0.25) is 0 Å². The van der Waals surface area contributed by atoms with Gasteiger partial charge in [0.25, 0.3) is 5.97 Å². The van der Waals surface area contributed by atoms with E-state index in [1.807, 2.05) is 0 Å². The molecule has 8 atom stereocenters. The summed E-state index contributed by atoms with van der Waals surface area (Å²) >= 11 is 0. The minimum absolute atomic E-state index is 0.00123. The van der Waals surface area contributed by atoms with Gasteiger partial charge < -0.3 is 79.5 Å². The number of rotatable bonds is 27. The number of aliphatic hydroxyl groups is 1. The van der Waals surface area contributed by atoms with Crippen molar-refractivity contribution >= 4 is 65.2 Å². The molecule has 2 aromatic rings. The van der Waals surface area contributed by atoms with Crippen LogP contribution in [0.4, 0.5) is 0 Å². The summed E-state index contributed by atoms with van der Waals surface area (Å²) in [5.41, 5.74) is 24.0. The van der Waals surface area contributed by atoms with Crippen LogP contribution in [0.5, 0.6) is 0 Å². The maximum atomic E-state index is 14.2. The van der Waals surface area contributed by atoms with E-state index < -0.39 is 121 Å². The Kier molecular flexibility index (Phi) is 25.9. The number of likely N-dealkylation sites (tertiary alicyclic amines) is 3. The van der Waals surface area contributed by atoms with Gasteiger partial charge in [-0.3, -0.25) is 48.1 Å². The molecule has 0 spiro atoms. The first kappa shape index (κ1) is 62.8. The molecule has 0 radical (unpaired) electrons. The molecule has 3 fully saturated rings. The summed E-state index contributed by atoms with van der Waals surface area (Å²) in [6, 6.07) is 8.31. The Morgan fingerprint density at radius 1 is 0.628 bits per heavy atom.